The van der Waals surface area contributed by atoms with Crippen LogP contribution in [-0.2, 0) is 27.5 Å². The minimum atomic E-state index is -0.427. The molecule has 2 aromatic carbocycles. The molecular formula is C28H32N6O5. The number of nitrogens with zero attached hydrogens (tertiary/aromatic N) is 5. The summed E-state index contributed by atoms with van der Waals surface area (Å²) in [6.45, 7) is 3.37. The van der Waals surface area contributed by atoms with Crippen molar-refractivity contribution in [1.29, 1.82) is 0 Å². The van der Waals surface area contributed by atoms with Crippen LogP contribution in [0, 0.1) is 6.92 Å². The number of likely N-dealkylation sites (N-methyl/N-ethyl adjacent to an activating group) is 1. The smallest absolute Gasteiger partial charge is 0.254 e. The Kier molecular flexibility index (Phi) is 7.87. The van der Waals surface area contributed by atoms with E-state index in [2.05, 4.69) is 15.4 Å². The number of carbonyl (C=O) groups is 3. The fraction of sp³-hybridized carbons (Fsp3) is 0.393. The lowest BCUT2D eigenvalue weighted by Crippen LogP contribution is -2.58. The van der Waals surface area contributed by atoms with Crippen molar-refractivity contribution in [3.63, 3.8) is 0 Å². The summed E-state index contributed by atoms with van der Waals surface area (Å²) in [5.41, 5.74) is 2.23. The van der Waals surface area contributed by atoms with Crippen LogP contribution in [0.4, 0.5) is 0 Å². The van der Waals surface area contributed by atoms with E-state index in [1.165, 1.54) is 11.2 Å². The van der Waals surface area contributed by atoms with Crippen LogP contribution in [0.25, 0.3) is 0 Å². The van der Waals surface area contributed by atoms with Crippen LogP contribution in [0.2, 0.25) is 0 Å². The molecule has 0 spiro atoms. The normalized spacial score (nSPS) is 20.2. The number of hydrogen-bond donors (Lipinski definition) is 1. The van der Waals surface area contributed by atoms with Gasteiger partial charge in [-0.15, -0.1) is 0 Å². The van der Waals surface area contributed by atoms with E-state index in [-0.39, 0.29) is 36.8 Å². The van der Waals surface area contributed by atoms with E-state index < -0.39 is 6.04 Å². The molecule has 1 aromatic heterocycles. The van der Waals surface area contributed by atoms with E-state index in [4.69, 9.17) is 9.47 Å². The summed E-state index contributed by atoms with van der Waals surface area (Å²) >= 11 is 0. The zero-order valence-electron chi connectivity index (χ0n) is 22.1. The standard InChI is InChI=1S/C28H32N6O5/c1-19-6-7-21-13-25(19)39-22-5-3-4-20(12-22)16-38-24-8-10-33(27(36)9-11-34-18-29-17-30-34)14-23(24)31-26(35)15-32(2)28(21)37/h3-7,12-13,17-18,23-24H,8-11,14-16H2,1-2H3,(H,31,35)/t23-,24+/m0/s1. The number of likely N-dealkylation sites (tertiary alicyclic amines) is 1. The molecule has 3 heterocycles. The van der Waals surface area contributed by atoms with Crippen LogP contribution >= 0.6 is 0 Å². The number of rotatable bonds is 3. The van der Waals surface area contributed by atoms with Gasteiger partial charge in [-0.25, -0.2) is 4.98 Å². The van der Waals surface area contributed by atoms with Crippen molar-refractivity contribution in [3.05, 3.63) is 71.8 Å². The molecule has 0 radical (unpaired) electrons. The molecule has 2 aliphatic rings. The number of aromatic nitrogens is 3. The molecule has 0 aliphatic carbocycles. The number of aryl methyl sites for hydroxylation is 2. The van der Waals surface area contributed by atoms with Gasteiger partial charge < -0.3 is 24.6 Å². The first kappa shape index (κ1) is 26.4. The molecule has 1 saturated heterocycles. The van der Waals surface area contributed by atoms with Gasteiger partial charge in [0.2, 0.25) is 11.8 Å². The van der Waals surface area contributed by atoms with Gasteiger partial charge in [0.25, 0.3) is 5.91 Å². The van der Waals surface area contributed by atoms with Crippen molar-refractivity contribution < 1.29 is 23.9 Å². The molecule has 5 rings (SSSR count). The first-order chi connectivity index (χ1) is 18.9. The first-order valence-corrected chi connectivity index (χ1v) is 13.0. The van der Waals surface area contributed by atoms with E-state index in [0.29, 0.717) is 49.7 Å². The third-order valence-electron chi connectivity index (χ3n) is 7.02. The summed E-state index contributed by atoms with van der Waals surface area (Å²) < 4.78 is 14.0. The number of benzene rings is 2. The minimum absolute atomic E-state index is 0.0299. The summed E-state index contributed by atoms with van der Waals surface area (Å²) in [5, 5.41) is 7.07. The Labute approximate surface area is 226 Å². The maximum atomic E-state index is 13.1. The molecule has 1 fully saturated rings. The van der Waals surface area contributed by atoms with Crippen LogP contribution in [-0.4, -0.2) is 81.1 Å². The lowest BCUT2D eigenvalue weighted by atomic mass is 10.0. The van der Waals surface area contributed by atoms with E-state index >= 15 is 0 Å². The quantitative estimate of drug-likeness (QED) is 0.549. The highest BCUT2D eigenvalue weighted by molar-refractivity contribution is 5.96. The molecule has 39 heavy (non-hydrogen) atoms. The highest BCUT2D eigenvalue weighted by Gasteiger charge is 2.33. The Bertz CT molecular complexity index is 1340. The van der Waals surface area contributed by atoms with Gasteiger partial charge in [0.1, 0.15) is 24.2 Å². The summed E-state index contributed by atoms with van der Waals surface area (Å²) in [6, 6.07) is 12.4. The van der Waals surface area contributed by atoms with E-state index in [0.717, 1.165) is 11.1 Å². The number of piperidine rings is 1. The second-order valence-electron chi connectivity index (χ2n) is 9.95. The maximum absolute atomic E-state index is 13.1. The van der Waals surface area contributed by atoms with Crippen molar-refractivity contribution in [1.82, 2.24) is 29.9 Å². The molecule has 11 heteroatoms. The SMILES string of the molecule is Cc1ccc2cc1Oc1cccc(c1)CO[C@@H]1CCN(C(=O)CCn3cncn3)C[C@@H]1NC(=O)CN(C)C2=O. The summed E-state index contributed by atoms with van der Waals surface area (Å²) in [7, 11) is 1.59. The van der Waals surface area contributed by atoms with Crippen molar-refractivity contribution in [2.45, 2.75) is 45.1 Å². The second kappa shape index (κ2) is 11.6. The number of nitrogens with one attached hydrogen (secondary N) is 1. The molecule has 0 saturated carbocycles. The Balaban J connectivity index is 1.35. The number of amides is 3. The molecule has 3 amide bonds. The molecule has 11 nitrogen and oxygen atoms in total. The summed E-state index contributed by atoms with van der Waals surface area (Å²) in [6.07, 6.45) is 3.54. The molecule has 1 N–H and O–H groups in total. The van der Waals surface area contributed by atoms with Crippen molar-refractivity contribution >= 4 is 17.7 Å². The van der Waals surface area contributed by atoms with Crippen molar-refractivity contribution in [3.8, 4) is 11.5 Å². The number of carbonyl (C=O) groups excluding carboxylic acids is 3. The second-order valence-corrected chi connectivity index (χ2v) is 9.95. The molecule has 0 unspecified atom stereocenters. The highest BCUT2D eigenvalue weighted by Crippen LogP contribution is 2.28. The lowest BCUT2D eigenvalue weighted by molar-refractivity contribution is -0.137. The van der Waals surface area contributed by atoms with E-state index in [1.807, 2.05) is 37.3 Å². The maximum Gasteiger partial charge on any atom is 0.254 e. The van der Waals surface area contributed by atoms with Gasteiger partial charge >= 0.3 is 0 Å². The van der Waals surface area contributed by atoms with Crippen LogP contribution in [0.3, 0.4) is 0 Å². The lowest BCUT2D eigenvalue weighted by Gasteiger charge is -2.39. The van der Waals surface area contributed by atoms with Crippen LogP contribution in [0.15, 0.2) is 55.1 Å². The van der Waals surface area contributed by atoms with E-state index in [9.17, 15) is 14.4 Å². The van der Waals surface area contributed by atoms with Gasteiger partial charge in [0.05, 0.1) is 31.8 Å². The van der Waals surface area contributed by atoms with Crippen LogP contribution < -0.4 is 10.1 Å². The van der Waals surface area contributed by atoms with Gasteiger partial charge in [-0.05, 0) is 48.7 Å². The Morgan fingerprint density at radius 3 is 2.87 bits per heavy atom. The predicted molar refractivity (Wildman–Crippen MR) is 141 cm³/mol. The molecular weight excluding hydrogens is 500 g/mol. The largest absolute Gasteiger partial charge is 0.457 e. The Hall–Kier alpha value is -4.25. The third kappa shape index (κ3) is 6.43. The fourth-order valence-corrected chi connectivity index (χ4v) is 4.84. The van der Waals surface area contributed by atoms with Crippen LogP contribution in [0.5, 0.6) is 11.5 Å². The Morgan fingerprint density at radius 1 is 1.18 bits per heavy atom. The number of fused-ring (bicyclic) bond motifs is 5. The highest BCUT2D eigenvalue weighted by atomic mass is 16.5. The Morgan fingerprint density at radius 2 is 2.05 bits per heavy atom. The average molecular weight is 533 g/mol. The first-order valence-electron chi connectivity index (χ1n) is 13.0. The molecule has 3 aromatic rings. The van der Waals surface area contributed by atoms with Crippen LogP contribution in [0.1, 0.15) is 34.3 Å². The van der Waals surface area contributed by atoms with Crippen molar-refractivity contribution in [2.24, 2.45) is 0 Å². The van der Waals surface area contributed by atoms with Gasteiger partial charge in [0.15, 0.2) is 0 Å². The van der Waals surface area contributed by atoms with E-state index in [1.54, 1.807) is 35.1 Å². The molecule has 4 bridgehead atoms. The third-order valence-corrected chi connectivity index (χ3v) is 7.02. The minimum Gasteiger partial charge on any atom is -0.457 e. The van der Waals surface area contributed by atoms with Gasteiger partial charge in [-0.2, -0.15) is 5.10 Å². The van der Waals surface area contributed by atoms with Crippen molar-refractivity contribution in [2.75, 3.05) is 26.7 Å². The summed E-state index contributed by atoms with van der Waals surface area (Å²) in [4.78, 5) is 46.2. The molecule has 204 valence electrons. The zero-order valence-corrected chi connectivity index (χ0v) is 22.1. The monoisotopic (exact) mass is 532 g/mol. The molecule has 2 aliphatic heterocycles. The predicted octanol–water partition coefficient (Wildman–Crippen LogP) is 2.16. The van der Waals surface area contributed by atoms with Gasteiger partial charge in [-0.1, -0.05) is 18.2 Å². The number of ether oxygens (including phenoxy) is 2. The number of hydrogen-bond acceptors (Lipinski definition) is 7. The summed E-state index contributed by atoms with van der Waals surface area (Å²) in [5.74, 6) is 0.570. The fourth-order valence-electron chi connectivity index (χ4n) is 4.84. The average Bonchev–Trinajstić information content (AvgIpc) is 3.45. The topological polar surface area (TPSA) is 119 Å². The van der Waals surface area contributed by atoms with Gasteiger partial charge in [-0.3, -0.25) is 19.1 Å². The molecule has 2 atom stereocenters. The zero-order chi connectivity index (χ0) is 27.4. The van der Waals surface area contributed by atoms with Gasteiger partial charge in [0, 0.05) is 32.1 Å².